The summed E-state index contributed by atoms with van der Waals surface area (Å²) in [6, 6.07) is 7.68. The van der Waals surface area contributed by atoms with Gasteiger partial charge < -0.3 is 10.1 Å². The Morgan fingerprint density at radius 3 is 2.65 bits per heavy atom. The van der Waals surface area contributed by atoms with E-state index in [2.05, 4.69) is 26.1 Å². The fraction of sp³-hybridized carbons (Fsp3) is 0.417. The minimum Gasteiger partial charge on any atom is -0.462 e. The maximum absolute atomic E-state index is 13.1. The number of anilines is 1. The molecule has 0 radical (unpaired) electrons. The molecule has 7 heteroatoms. The molecule has 0 spiro atoms. The molecule has 1 amide bonds. The molecule has 0 fully saturated rings. The number of amides is 1. The number of nitrogens with one attached hydrogen (secondary N) is 1. The number of rotatable bonds is 4. The van der Waals surface area contributed by atoms with Crippen molar-refractivity contribution in [1.82, 2.24) is 0 Å². The van der Waals surface area contributed by atoms with Crippen LogP contribution >= 0.6 is 34.3 Å². The van der Waals surface area contributed by atoms with Gasteiger partial charge in [0.25, 0.3) is 5.91 Å². The number of carbonyl (C=O) groups excluding carboxylic acids is 2. The summed E-state index contributed by atoms with van der Waals surface area (Å²) in [5, 5.41) is 4.86. The summed E-state index contributed by atoms with van der Waals surface area (Å²) in [7, 11) is 0. The highest BCUT2D eigenvalue weighted by Crippen LogP contribution is 2.45. The molecule has 3 aromatic rings. The Morgan fingerprint density at radius 1 is 1.23 bits per heavy atom. The van der Waals surface area contributed by atoms with E-state index in [1.807, 2.05) is 24.3 Å². The second-order valence-corrected chi connectivity index (χ2v) is 11.5. The van der Waals surface area contributed by atoms with E-state index >= 15 is 0 Å². The van der Waals surface area contributed by atoms with Gasteiger partial charge in [-0.25, -0.2) is 4.79 Å². The summed E-state index contributed by atoms with van der Waals surface area (Å²) in [5.74, 6) is -0.121. The zero-order valence-electron chi connectivity index (χ0n) is 18.1. The topological polar surface area (TPSA) is 55.4 Å². The van der Waals surface area contributed by atoms with E-state index < -0.39 is 0 Å². The van der Waals surface area contributed by atoms with Crippen LogP contribution in [-0.4, -0.2) is 18.5 Å². The average molecular weight is 476 g/mol. The molecule has 2 aromatic heterocycles. The lowest BCUT2D eigenvalue weighted by molar-refractivity contribution is 0.0526. The van der Waals surface area contributed by atoms with Crippen LogP contribution in [0.4, 0.5) is 5.00 Å². The van der Waals surface area contributed by atoms with Gasteiger partial charge in [0, 0.05) is 15.0 Å². The Kier molecular flexibility index (Phi) is 6.16. The lowest BCUT2D eigenvalue weighted by Gasteiger charge is -2.33. The average Bonchev–Trinajstić information content (AvgIpc) is 3.24. The first-order valence-electron chi connectivity index (χ1n) is 10.5. The number of esters is 1. The standard InChI is InChI=1S/C24H26ClNO3S2/c1-5-29-23(28)18-14-11-10-13(24(2,3)4)12-17(14)31-22(18)26-21(27)20-19(25)15-8-6-7-9-16(15)30-20/h6-9,13H,5,10-12H2,1-4H3,(H,26,27)/t13-/m0/s1. The van der Waals surface area contributed by atoms with E-state index in [1.54, 1.807) is 6.92 Å². The molecule has 0 unspecified atom stereocenters. The molecule has 1 aliphatic rings. The highest BCUT2D eigenvalue weighted by molar-refractivity contribution is 7.22. The molecule has 2 heterocycles. The van der Waals surface area contributed by atoms with Gasteiger partial charge in [-0.1, -0.05) is 50.6 Å². The molecule has 0 aliphatic heterocycles. The first kappa shape index (κ1) is 22.3. The summed E-state index contributed by atoms with van der Waals surface area (Å²) < 4.78 is 6.30. The summed E-state index contributed by atoms with van der Waals surface area (Å²) >= 11 is 9.36. The van der Waals surface area contributed by atoms with E-state index in [0.717, 1.165) is 34.9 Å². The van der Waals surface area contributed by atoms with Gasteiger partial charge in [-0.15, -0.1) is 22.7 Å². The number of thiophene rings is 2. The molecule has 1 atom stereocenters. The Morgan fingerprint density at radius 2 is 1.97 bits per heavy atom. The van der Waals surface area contributed by atoms with Crippen molar-refractivity contribution in [3.8, 4) is 0 Å². The quantitative estimate of drug-likeness (QED) is 0.406. The molecule has 1 aliphatic carbocycles. The smallest absolute Gasteiger partial charge is 0.341 e. The van der Waals surface area contributed by atoms with Crippen LogP contribution in [0.2, 0.25) is 5.02 Å². The molecule has 4 rings (SSSR count). The maximum atomic E-state index is 13.1. The molecule has 31 heavy (non-hydrogen) atoms. The third kappa shape index (κ3) is 4.26. The molecule has 0 bridgehead atoms. The van der Waals surface area contributed by atoms with Crippen LogP contribution in [0.1, 0.15) is 64.6 Å². The molecule has 0 saturated carbocycles. The van der Waals surface area contributed by atoms with Crippen LogP contribution < -0.4 is 5.32 Å². The van der Waals surface area contributed by atoms with Gasteiger partial charge in [0.15, 0.2) is 0 Å². The monoisotopic (exact) mass is 475 g/mol. The SMILES string of the molecule is CCOC(=O)c1c(NC(=O)c2sc3ccccc3c2Cl)sc2c1CC[C@H](C(C)(C)C)C2. The van der Waals surface area contributed by atoms with Crippen LogP contribution in [0.5, 0.6) is 0 Å². The van der Waals surface area contributed by atoms with E-state index in [9.17, 15) is 9.59 Å². The van der Waals surface area contributed by atoms with Gasteiger partial charge in [0.05, 0.1) is 17.2 Å². The number of fused-ring (bicyclic) bond motifs is 2. The summed E-state index contributed by atoms with van der Waals surface area (Å²) in [5.41, 5.74) is 1.74. The first-order chi connectivity index (χ1) is 14.7. The maximum Gasteiger partial charge on any atom is 0.341 e. The van der Waals surface area contributed by atoms with Crippen molar-refractivity contribution >= 4 is 61.2 Å². The summed E-state index contributed by atoms with van der Waals surface area (Å²) in [6.07, 6.45) is 2.76. The largest absolute Gasteiger partial charge is 0.462 e. The van der Waals surface area contributed by atoms with Crippen LogP contribution in [0.3, 0.4) is 0 Å². The number of benzene rings is 1. The Bertz CT molecular complexity index is 1160. The van der Waals surface area contributed by atoms with Gasteiger partial charge in [0.2, 0.25) is 0 Å². The van der Waals surface area contributed by atoms with Gasteiger partial charge in [0.1, 0.15) is 9.88 Å². The molecular weight excluding hydrogens is 450 g/mol. The van der Waals surface area contributed by atoms with Crippen molar-refractivity contribution in [3.05, 3.63) is 50.2 Å². The first-order valence-corrected chi connectivity index (χ1v) is 12.5. The van der Waals surface area contributed by atoms with Gasteiger partial charge in [-0.3, -0.25) is 4.79 Å². The van der Waals surface area contributed by atoms with E-state index in [-0.39, 0.29) is 17.3 Å². The van der Waals surface area contributed by atoms with E-state index in [1.165, 1.54) is 27.6 Å². The van der Waals surface area contributed by atoms with Crippen LogP contribution in [0.15, 0.2) is 24.3 Å². The molecule has 0 saturated heterocycles. The van der Waals surface area contributed by atoms with Crippen molar-refractivity contribution in [1.29, 1.82) is 0 Å². The third-order valence-electron chi connectivity index (χ3n) is 5.94. The number of hydrogen-bond acceptors (Lipinski definition) is 5. The van der Waals surface area contributed by atoms with E-state index in [4.69, 9.17) is 16.3 Å². The lowest BCUT2D eigenvalue weighted by Crippen LogP contribution is -2.26. The second kappa shape index (κ2) is 8.57. The minimum absolute atomic E-state index is 0.194. The predicted octanol–water partition coefficient (Wildman–Crippen LogP) is 7.20. The zero-order valence-corrected chi connectivity index (χ0v) is 20.5. The number of hydrogen-bond donors (Lipinski definition) is 1. The fourth-order valence-electron chi connectivity index (χ4n) is 4.15. The highest BCUT2D eigenvalue weighted by atomic mass is 35.5. The molecule has 164 valence electrons. The van der Waals surface area contributed by atoms with Crippen molar-refractivity contribution < 1.29 is 14.3 Å². The molecule has 4 nitrogen and oxygen atoms in total. The fourth-order valence-corrected chi connectivity index (χ4v) is 6.88. The Labute approximate surface area is 195 Å². The number of halogens is 1. The lowest BCUT2D eigenvalue weighted by atomic mass is 9.72. The third-order valence-corrected chi connectivity index (χ3v) is 8.78. The minimum atomic E-state index is -0.369. The zero-order chi connectivity index (χ0) is 22.3. The normalized spacial score (nSPS) is 16.2. The van der Waals surface area contributed by atoms with Crippen molar-refractivity contribution in [2.24, 2.45) is 11.3 Å². The number of ether oxygens (including phenoxy) is 1. The van der Waals surface area contributed by atoms with E-state index in [0.29, 0.717) is 33.0 Å². The van der Waals surface area contributed by atoms with Crippen LogP contribution in [0.25, 0.3) is 10.1 Å². The predicted molar refractivity (Wildman–Crippen MR) is 130 cm³/mol. The Balaban J connectivity index is 1.70. The van der Waals surface area contributed by atoms with Crippen LogP contribution in [0, 0.1) is 11.3 Å². The molecule has 1 N–H and O–H groups in total. The number of carbonyl (C=O) groups is 2. The Hall–Kier alpha value is -1.89. The summed E-state index contributed by atoms with van der Waals surface area (Å²) in [4.78, 5) is 27.6. The van der Waals surface area contributed by atoms with Crippen molar-refractivity contribution in [2.45, 2.75) is 47.0 Å². The van der Waals surface area contributed by atoms with Gasteiger partial charge in [-0.2, -0.15) is 0 Å². The van der Waals surface area contributed by atoms with Crippen molar-refractivity contribution in [3.63, 3.8) is 0 Å². The van der Waals surface area contributed by atoms with Gasteiger partial charge in [-0.05, 0) is 49.1 Å². The molecular formula is C24H26ClNO3S2. The van der Waals surface area contributed by atoms with Crippen LogP contribution in [-0.2, 0) is 17.6 Å². The highest BCUT2D eigenvalue weighted by Gasteiger charge is 2.34. The van der Waals surface area contributed by atoms with Gasteiger partial charge >= 0.3 is 5.97 Å². The summed E-state index contributed by atoms with van der Waals surface area (Å²) in [6.45, 7) is 8.86. The van der Waals surface area contributed by atoms with Crippen molar-refractivity contribution in [2.75, 3.05) is 11.9 Å². The second-order valence-electron chi connectivity index (χ2n) is 8.93. The molecule has 1 aromatic carbocycles.